The Morgan fingerprint density at radius 2 is 2.42 bits per heavy atom. The molecule has 1 aliphatic rings. The van der Waals surface area contributed by atoms with E-state index >= 15 is 0 Å². The van der Waals surface area contributed by atoms with Crippen molar-refractivity contribution in [2.45, 2.75) is 11.9 Å². The molecule has 1 atom stereocenters. The fourth-order valence-corrected chi connectivity index (χ4v) is 2.38. The number of nitrogens with one attached hydrogen (secondary N) is 1. The summed E-state index contributed by atoms with van der Waals surface area (Å²) < 4.78 is 10.5. The van der Waals surface area contributed by atoms with Crippen LogP contribution in [0, 0.1) is 0 Å². The van der Waals surface area contributed by atoms with Crippen molar-refractivity contribution in [1.29, 1.82) is 0 Å². The zero-order chi connectivity index (χ0) is 13.7. The van der Waals surface area contributed by atoms with E-state index in [1.807, 2.05) is 6.26 Å². The predicted octanol–water partition coefficient (Wildman–Crippen LogP) is 1.95. The quantitative estimate of drug-likeness (QED) is 0.921. The first-order chi connectivity index (χ1) is 9.20. The maximum absolute atomic E-state index is 11.9. The largest absolute Gasteiger partial charge is 0.376 e. The number of hydrogen-bond donors (Lipinski definition) is 1. The zero-order valence-corrected chi connectivity index (χ0v) is 12.1. The van der Waals surface area contributed by atoms with E-state index in [2.05, 4.69) is 10.3 Å². The molecule has 1 fully saturated rings. The monoisotopic (exact) mass is 302 g/mol. The van der Waals surface area contributed by atoms with Gasteiger partial charge in [-0.1, -0.05) is 11.6 Å². The van der Waals surface area contributed by atoms with E-state index in [0.29, 0.717) is 29.8 Å². The number of anilines is 1. The Morgan fingerprint density at radius 3 is 3.11 bits per heavy atom. The van der Waals surface area contributed by atoms with Crippen LogP contribution in [-0.4, -0.2) is 43.1 Å². The van der Waals surface area contributed by atoms with E-state index in [4.69, 9.17) is 21.1 Å². The molecule has 0 bridgehead atoms. The molecule has 1 N–H and O–H groups in total. The van der Waals surface area contributed by atoms with E-state index in [1.165, 1.54) is 0 Å². The van der Waals surface area contributed by atoms with Crippen LogP contribution in [0.1, 0.15) is 5.69 Å². The number of hydrogen-bond acceptors (Lipinski definition) is 5. The van der Waals surface area contributed by atoms with Crippen LogP contribution in [0.2, 0.25) is 5.02 Å². The lowest BCUT2D eigenvalue weighted by Crippen LogP contribution is -2.39. The van der Waals surface area contributed by atoms with Crippen LogP contribution in [-0.2, 0) is 20.0 Å². The van der Waals surface area contributed by atoms with Gasteiger partial charge in [0.1, 0.15) is 5.82 Å². The van der Waals surface area contributed by atoms with Gasteiger partial charge in [-0.2, -0.15) is 11.8 Å². The van der Waals surface area contributed by atoms with Crippen LogP contribution in [0.4, 0.5) is 5.82 Å². The molecule has 1 aliphatic heterocycles. The lowest BCUT2D eigenvalue weighted by atomic mass is 10.3. The Hall–Kier alpha value is -0.820. The Balaban J connectivity index is 2.01. The molecule has 2 heterocycles. The summed E-state index contributed by atoms with van der Waals surface area (Å²) in [5, 5.41) is 3.32. The van der Waals surface area contributed by atoms with E-state index in [9.17, 15) is 4.79 Å². The summed E-state index contributed by atoms with van der Waals surface area (Å²) in [4.78, 5) is 16.2. The molecule has 1 amide bonds. The summed E-state index contributed by atoms with van der Waals surface area (Å²) >= 11 is 7.65. The number of aromatic nitrogens is 1. The second kappa shape index (κ2) is 7.09. The lowest BCUT2D eigenvalue weighted by Gasteiger charge is -2.21. The first-order valence-corrected chi connectivity index (χ1v) is 7.62. The van der Waals surface area contributed by atoms with Gasteiger partial charge in [0.2, 0.25) is 0 Å². The van der Waals surface area contributed by atoms with Gasteiger partial charge in [0.15, 0.2) is 6.10 Å². The van der Waals surface area contributed by atoms with E-state index in [-0.39, 0.29) is 12.5 Å². The molecular weight excluding hydrogens is 288 g/mol. The van der Waals surface area contributed by atoms with E-state index in [1.54, 1.807) is 23.9 Å². The minimum Gasteiger partial charge on any atom is -0.376 e. The molecule has 7 heteroatoms. The fourth-order valence-electron chi connectivity index (χ4n) is 1.64. The highest BCUT2D eigenvalue weighted by Crippen LogP contribution is 2.20. The van der Waals surface area contributed by atoms with Gasteiger partial charge in [-0.05, 0) is 18.4 Å². The maximum atomic E-state index is 11.9. The molecule has 0 aromatic carbocycles. The number of nitrogens with zero attached hydrogens (tertiary/aromatic N) is 1. The summed E-state index contributed by atoms with van der Waals surface area (Å²) in [5.41, 5.74) is 0.757. The highest BCUT2D eigenvalue weighted by molar-refractivity contribution is 7.97. The number of halogens is 1. The van der Waals surface area contributed by atoms with Gasteiger partial charge >= 0.3 is 0 Å². The van der Waals surface area contributed by atoms with E-state index in [0.717, 1.165) is 5.69 Å². The van der Waals surface area contributed by atoms with Crippen molar-refractivity contribution in [3.63, 3.8) is 0 Å². The third kappa shape index (κ3) is 4.07. The van der Waals surface area contributed by atoms with Crippen LogP contribution in [0.5, 0.6) is 0 Å². The third-order valence-electron chi connectivity index (χ3n) is 2.56. The number of ether oxygens (including phenoxy) is 2. The summed E-state index contributed by atoms with van der Waals surface area (Å²) in [6.45, 7) is 1.24. The maximum Gasteiger partial charge on any atom is 0.257 e. The molecule has 0 spiro atoms. The molecule has 1 saturated heterocycles. The average Bonchev–Trinajstić information content (AvgIpc) is 2.44. The van der Waals surface area contributed by atoms with Crippen LogP contribution < -0.4 is 5.32 Å². The predicted molar refractivity (Wildman–Crippen MR) is 75.7 cm³/mol. The number of amides is 1. The molecule has 0 saturated carbocycles. The second-order valence-electron chi connectivity index (χ2n) is 3.98. The average molecular weight is 303 g/mol. The van der Waals surface area contributed by atoms with Crippen LogP contribution in [0.15, 0.2) is 12.1 Å². The van der Waals surface area contributed by atoms with E-state index < -0.39 is 6.10 Å². The number of pyridine rings is 1. The SMILES string of the molecule is CSCc1nc(NC(=O)[C@H]2COCCO2)ccc1Cl. The van der Waals surface area contributed by atoms with Crippen molar-refractivity contribution in [2.24, 2.45) is 0 Å². The third-order valence-corrected chi connectivity index (χ3v) is 3.47. The minimum absolute atomic E-state index is 0.246. The molecule has 19 heavy (non-hydrogen) atoms. The highest BCUT2D eigenvalue weighted by Gasteiger charge is 2.23. The molecule has 0 unspecified atom stereocenters. The topological polar surface area (TPSA) is 60.5 Å². The lowest BCUT2D eigenvalue weighted by molar-refractivity contribution is -0.142. The summed E-state index contributed by atoms with van der Waals surface area (Å²) in [6.07, 6.45) is 1.39. The van der Waals surface area contributed by atoms with Crippen molar-refractivity contribution in [1.82, 2.24) is 4.98 Å². The smallest absolute Gasteiger partial charge is 0.257 e. The Bertz CT molecular complexity index is 453. The minimum atomic E-state index is -0.574. The summed E-state index contributed by atoms with van der Waals surface area (Å²) in [7, 11) is 0. The second-order valence-corrected chi connectivity index (χ2v) is 5.25. The number of carbonyl (C=O) groups is 1. The standard InChI is InChI=1S/C12H15ClN2O3S/c1-19-7-9-8(13)2-3-11(14-9)15-12(16)10-6-17-4-5-18-10/h2-3,10H,4-7H2,1H3,(H,14,15,16)/t10-/m1/s1. The Labute approximate surface area is 121 Å². The van der Waals surface area contributed by atoms with Crippen LogP contribution in [0.3, 0.4) is 0 Å². The molecule has 1 aromatic rings. The van der Waals surface area contributed by atoms with Gasteiger partial charge in [-0.25, -0.2) is 4.98 Å². The van der Waals surface area contributed by atoms with Crippen molar-refractivity contribution >= 4 is 35.1 Å². The molecule has 0 radical (unpaired) electrons. The highest BCUT2D eigenvalue weighted by atomic mass is 35.5. The molecule has 104 valence electrons. The van der Waals surface area contributed by atoms with Gasteiger partial charge in [0, 0.05) is 5.75 Å². The van der Waals surface area contributed by atoms with Gasteiger partial charge in [-0.15, -0.1) is 0 Å². The van der Waals surface area contributed by atoms with Crippen LogP contribution >= 0.6 is 23.4 Å². The van der Waals surface area contributed by atoms with Crippen LogP contribution in [0.25, 0.3) is 0 Å². The summed E-state index contributed by atoms with van der Waals surface area (Å²) in [6, 6.07) is 3.40. The first kappa shape index (κ1) is 14.6. The van der Waals surface area contributed by atoms with Crippen molar-refractivity contribution in [2.75, 3.05) is 31.4 Å². The Morgan fingerprint density at radius 1 is 1.58 bits per heavy atom. The molecular formula is C12H15ClN2O3S. The normalized spacial score (nSPS) is 19.2. The van der Waals surface area contributed by atoms with Gasteiger partial charge in [-0.3, -0.25) is 4.79 Å². The zero-order valence-electron chi connectivity index (χ0n) is 10.5. The van der Waals surface area contributed by atoms with Gasteiger partial charge in [0.25, 0.3) is 5.91 Å². The van der Waals surface area contributed by atoms with Gasteiger partial charge < -0.3 is 14.8 Å². The molecule has 0 aliphatic carbocycles. The first-order valence-electron chi connectivity index (χ1n) is 5.85. The molecule has 2 rings (SSSR count). The number of thioether (sulfide) groups is 1. The molecule has 5 nitrogen and oxygen atoms in total. The van der Waals surface area contributed by atoms with Gasteiger partial charge in [0.05, 0.1) is 30.5 Å². The fraction of sp³-hybridized carbons (Fsp3) is 0.500. The summed E-state index contributed by atoms with van der Waals surface area (Å²) in [5.74, 6) is 0.934. The number of rotatable bonds is 4. The van der Waals surface area contributed by atoms with Crippen molar-refractivity contribution in [3.8, 4) is 0 Å². The number of carbonyl (C=O) groups excluding carboxylic acids is 1. The van der Waals surface area contributed by atoms with Crippen molar-refractivity contribution in [3.05, 3.63) is 22.8 Å². The molecule has 1 aromatic heterocycles. The van der Waals surface area contributed by atoms with Crippen molar-refractivity contribution < 1.29 is 14.3 Å². The Kier molecular flexibility index (Phi) is 5.45.